The first-order valence-electron chi connectivity index (χ1n) is 6.65. The van der Waals surface area contributed by atoms with Gasteiger partial charge in [0.1, 0.15) is 18.0 Å². The summed E-state index contributed by atoms with van der Waals surface area (Å²) in [6, 6.07) is 13.0. The molecular formula is C15H18N4. The fourth-order valence-electron chi connectivity index (χ4n) is 2.01. The molecule has 4 heteroatoms. The molecule has 0 unspecified atom stereocenters. The van der Waals surface area contributed by atoms with Gasteiger partial charge in [0.15, 0.2) is 0 Å². The van der Waals surface area contributed by atoms with Crippen LogP contribution in [0, 0.1) is 0 Å². The zero-order chi connectivity index (χ0) is 13.1. The highest BCUT2D eigenvalue weighted by Gasteiger charge is 2.21. The first-order chi connectivity index (χ1) is 9.31. The molecule has 1 aromatic carbocycles. The van der Waals surface area contributed by atoms with Crippen LogP contribution in [0.4, 0.5) is 11.6 Å². The minimum atomic E-state index is 0.613. The number of anilines is 2. The fourth-order valence-corrected chi connectivity index (χ4v) is 2.01. The van der Waals surface area contributed by atoms with Crippen molar-refractivity contribution in [1.82, 2.24) is 9.97 Å². The summed E-state index contributed by atoms with van der Waals surface area (Å²) in [5, 5.41) is 3.40. The van der Waals surface area contributed by atoms with E-state index in [-0.39, 0.29) is 0 Å². The molecule has 4 nitrogen and oxygen atoms in total. The van der Waals surface area contributed by atoms with Gasteiger partial charge in [-0.15, -0.1) is 0 Å². The second-order valence-electron chi connectivity index (χ2n) is 5.02. The molecule has 1 aliphatic carbocycles. The highest BCUT2D eigenvalue weighted by molar-refractivity contribution is 5.49. The first kappa shape index (κ1) is 12.0. The van der Waals surface area contributed by atoms with Crippen molar-refractivity contribution in [3.8, 4) is 0 Å². The molecule has 1 heterocycles. The maximum atomic E-state index is 4.34. The van der Waals surface area contributed by atoms with E-state index in [0.717, 1.165) is 18.2 Å². The number of aromatic nitrogens is 2. The topological polar surface area (TPSA) is 41.0 Å². The van der Waals surface area contributed by atoms with E-state index < -0.39 is 0 Å². The van der Waals surface area contributed by atoms with E-state index in [0.29, 0.717) is 6.04 Å². The molecular weight excluding hydrogens is 236 g/mol. The van der Waals surface area contributed by atoms with Gasteiger partial charge in [-0.25, -0.2) is 9.97 Å². The number of hydrogen-bond donors (Lipinski definition) is 1. The lowest BCUT2D eigenvalue weighted by atomic mass is 10.2. The summed E-state index contributed by atoms with van der Waals surface area (Å²) in [5.74, 6) is 1.87. The summed E-state index contributed by atoms with van der Waals surface area (Å²) in [6.07, 6.45) is 4.12. The molecule has 1 aliphatic rings. The molecule has 0 radical (unpaired) electrons. The van der Waals surface area contributed by atoms with Gasteiger partial charge < -0.3 is 10.2 Å². The van der Waals surface area contributed by atoms with Crippen LogP contribution in [0.2, 0.25) is 0 Å². The normalized spacial score (nSPS) is 14.2. The quantitative estimate of drug-likeness (QED) is 0.890. The summed E-state index contributed by atoms with van der Waals surface area (Å²) in [5.41, 5.74) is 1.28. The molecule has 3 rings (SSSR count). The monoisotopic (exact) mass is 254 g/mol. The maximum absolute atomic E-state index is 4.34. The van der Waals surface area contributed by atoms with Crippen molar-refractivity contribution in [3.05, 3.63) is 48.3 Å². The van der Waals surface area contributed by atoms with Crippen LogP contribution < -0.4 is 10.2 Å². The van der Waals surface area contributed by atoms with Gasteiger partial charge in [0.25, 0.3) is 0 Å². The van der Waals surface area contributed by atoms with Gasteiger partial charge in [-0.3, -0.25) is 0 Å². The Balaban J connectivity index is 1.70. The largest absolute Gasteiger partial charge is 0.367 e. The molecule has 0 aliphatic heterocycles. The van der Waals surface area contributed by atoms with E-state index in [9.17, 15) is 0 Å². The SMILES string of the molecule is CN(Cc1ccccc1)c1cc(NC2CC2)ncn1. The predicted molar refractivity (Wildman–Crippen MR) is 77.2 cm³/mol. The third-order valence-corrected chi connectivity index (χ3v) is 3.24. The summed E-state index contributed by atoms with van der Waals surface area (Å²) in [7, 11) is 2.05. The minimum Gasteiger partial charge on any atom is -0.367 e. The Hall–Kier alpha value is -2.10. The smallest absolute Gasteiger partial charge is 0.134 e. The number of nitrogens with one attached hydrogen (secondary N) is 1. The molecule has 1 N–H and O–H groups in total. The fraction of sp³-hybridized carbons (Fsp3) is 0.333. The maximum Gasteiger partial charge on any atom is 0.134 e. The van der Waals surface area contributed by atoms with E-state index in [1.165, 1.54) is 18.4 Å². The van der Waals surface area contributed by atoms with Crippen molar-refractivity contribution >= 4 is 11.6 Å². The van der Waals surface area contributed by atoms with Crippen LogP contribution >= 0.6 is 0 Å². The lowest BCUT2D eigenvalue weighted by molar-refractivity contribution is 0.890. The summed E-state index contributed by atoms with van der Waals surface area (Å²) < 4.78 is 0. The molecule has 1 aromatic heterocycles. The molecule has 98 valence electrons. The van der Waals surface area contributed by atoms with Crippen LogP contribution in [0.3, 0.4) is 0 Å². The molecule has 0 bridgehead atoms. The van der Waals surface area contributed by atoms with Crippen molar-refractivity contribution < 1.29 is 0 Å². The van der Waals surface area contributed by atoms with Crippen LogP contribution in [0.5, 0.6) is 0 Å². The average Bonchev–Trinajstić information content (AvgIpc) is 3.24. The predicted octanol–water partition coefficient (Wildman–Crippen LogP) is 2.69. The van der Waals surface area contributed by atoms with Crippen LogP contribution in [0.1, 0.15) is 18.4 Å². The zero-order valence-corrected chi connectivity index (χ0v) is 11.1. The van der Waals surface area contributed by atoms with Gasteiger partial charge in [0, 0.05) is 25.7 Å². The number of benzene rings is 1. The Labute approximate surface area is 113 Å². The Morgan fingerprint density at radius 2 is 2.00 bits per heavy atom. The van der Waals surface area contributed by atoms with Crippen LogP contribution in [0.25, 0.3) is 0 Å². The lowest BCUT2D eigenvalue weighted by Crippen LogP contribution is -2.18. The molecule has 1 saturated carbocycles. The Morgan fingerprint density at radius 1 is 1.21 bits per heavy atom. The van der Waals surface area contributed by atoms with E-state index >= 15 is 0 Å². The van der Waals surface area contributed by atoms with Gasteiger partial charge in [0.2, 0.25) is 0 Å². The minimum absolute atomic E-state index is 0.613. The Kier molecular flexibility index (Phi) is 3.31. The first-order valence-corrected chi connectivity index (χ1v) is 6.65. The molecule has 2 aromatic rings. The van der Waals surface area contributed by atoms with Crippen molar-refractivity contribution in [2.45, 2.75) is 25.4 Å². The Bertz CT molecular complexity index is 537. The number of hydrogen-bond acceptors (Lipinski definition) is 4. The molecule has 0 amide bonds. The van der Waals surface area contributed by atoms with Gasteiger partial charge >= 0.3 is 0 Å². The highest BCUT2D eigenvalue weighted by Crippen LogP contribution is 2.24. The molecule has 0 spiro atoms. The molecule has 0 saturated heterocycles. The highest BCUT2D eigenvalue weighted by atomic mass is 15.2. The summed E-state index contributed by atoms with van der Waals surface area (Å²) >= 11 is 0. The third kappa shape index (κ3) is 3.22. The van der Waals surface area contributed by atoms with Gasteiger partial charge in [0.05, 0.1) is 0 Å². The van der Waals surface area contributed by atoms with Crippen molar-refractivity contribution in [3.63, 3.8) is 0 Å². The summed E-state index contributed by atoms with van der Waals surface area (Å²) in [6.45, 7) is 0.848. The van der Waals surface area contributed by atoms with E-state index in [1.54, 1.807) is 6.33 Å². The van der Waals surface area contributed by atoms with Gasteiger partial charge in [-0.2, -0.15) is 0 Å². The van der Waals surface area contributed by atoms with E-state index in [4.69, 9.17) is 0 Å². The van der Waals surface area contributed by atoms with E-state index in [2.05, 4.69) is 51.5 Å². The lowest BCUT2D eigenvalue weighted by Gasteiger charge is -2.18. The standard InChI is InChI=1S/C15H18N4/c1-19(10-12-5-3-2-4-6-12)15-9-14(16-11-17-15)18-13-7-8-13/h2-6,9,11,13H,7-8,10H2,1H3,(H,16,17,18). The van der Waals surface area contributed by atoms with Crippen molar-refractivity contribution in [2.75, 3.05) is 17.3 Å². The van der Waals surface area contributed by atoms with Crippen LogP contribution in [-0.2, 0) is 6.54 Å². The van der Waals surface area contributed by atoms with Gasteiger partial charge in [-0.1, -0.05) is 30.3 Å². The van der Waals surface area contributed by atoms with Gasteiger partial charge in [-0.05, 0) is 18.4 Å². The second kappa shape index (κ2) is 5.26. The second-order valence-corrected chi connectivity index (χ2v) is 5.02. The van der Waals surface area contributed by atoms with Crippen molar-refractivity contribution in [2.24, 2.45) is 0 Å². The van der Waals surface area contributed by atoms with Crippen LogP contribution in [-0.4, -0.2) is 23.1 Å². The average molecular weight is 254 g/mol. The van der Waals surface area contributed by atoms with Crippen LogP contribution in [0.15, 0.2) is 42.7 Å². The van der Waals surface area contributed by atoms with E-state index in [1.807, 2.05) is 12.1 Å². The number of rotatable bonds is 5. The zero-order valence-electron chi connectivity index (χ0n) is 11.1. The molecule has 1 fully saturated rings. The third-order valence-electron chi connectivity index (χ3n) is 3.24. The molecule has 19 heavy (non-hydrogen) atoms. The Morgan fingerprint density at radius 3 is 2.74 bits per heavy atom. The summed E-state index contributed by atoms with van der Waals surface area (Å²) in [4.78, 5) is 10.7. The number of nitrogens with zero attached hydrogens (tertiary/aromatic N) is 3. The molecule has 0 atom stereocenters. The van der Waals surface area contributed by atoms with Crippen molar-refractivity contribution in [1.29, 1.82) is 0 Å².